The number of thiazole rings is 1. The molecule has 3 amide bonds. The number of aromatic nitrogens is 1. The summed E-state index contributed by atoms with van der Waals surface area (Å²) in [6, 6.07) is 27.7. The second-order valence-electron chi connectivity index (χ2n) is 10.2. The van der Waals surface area contributed by atoms with Crippen LogP contribution >= 0.6 is 39.0 Å². The fourth-order valence-corrected chi connectivity index (χ4v) is 8.44. The molecule has 0 saturated carbocycles. The number of nitrogens with zero attached hydrogens (tertiary/aromatic N) is 1. The zero-order valence-electron chi connectivity index (χ0n) is 22.3. The lowest BCUT2D eigenvalue weighted by Crippen LogP contribution is -2.32. The van der Waals surface area contributed by atoms with Crippen molar-refractivity contribution in [2.24, 2.45) is 5.92 Å². The Balaban J connectivity index is 1.12. The first kappa shape index (κ1) is 27.6. The van der Waals surface area contributed by atoms with Crippen molar-refractivity contribution in [3.05, 3.63) is 116 Å². The smallest absolute Gasteiger partial charge is 0.305 e. The summed E-state index contributed by atoms with van der Waals surface area (Å²) in [5.41, 5.74) is 1.99. The number of hydrogen-bond acceptors (Lipinski definition) is 7. The Morgan fingerprint density at radius 3 is 2.44 bits per heavy atom. The van der Waals surface area contributed by atoms with Crippen molar-refractivity contribution in [3.63, 3.8) is 0 Å². The highest BCUT2D eigenvalue weighted by molar-refractivity contribution is 9.10. The fraction of sp³-hybridized carbons (Fsp3) is 0.125. The van der Waals surface area contributed by atoms with Crippen molar-refractivity contribution >= 4 is 78.9 Å². The third kappa shape index (κ3) is 5.07. The number of aromatic amines is 1. The van der Waals surface area contributed by atoms with Crippen molar-refractivity contribution < 1.29 is 19.1 Å². The Kier molecular flexibility index (Phi) is 7.16. The molecule has 2 N–H and O–H groups in total. The normalized spacial score (nSPS) is 19.3. The third-order valence-corrected chi connectivity index (χ3v) is 10.5. The van der Waals surface area contributed by atoms with Gasteiger partial charge < -0.3 is 15.0 Å². The average molecular weight is 673 g/mol. The van der Waals surface area contributed by atoms with E-state index in [1.807, 2.05) is 54.6 Å². The number of benzene rings is 4. The van der Waals surface area contributed by atoms with E-state index >= 15 is 0 Å². The number of anilines is 2. The van der Waals surface area contributed by atoms with Gasteiger partial charge in [-0.1, -0.05) is 87.6 Å². The summed E-state index contributed by atoms with van der Waals surface area (Å²) in [5.74, 6) is -1.60. The van der Waals surface area contributed by atoms with Crippen LogP contribution < -0.4 is 19.8 Å². The van der Waals surface area contributed by atoms with Crippen LogP contribution in [0.3, 0.4) is 0 Å². The van der Waals surface area contributed by atoms with Crippen LogP contribution in [0.4, 0.5) is 11.4 Å². The maximum absolute atomic E-state index is 13.8. The maximum atomic E-state index is 13.8. The van der Waals surface area contributed by atoms with Gasteiger partial charge in [0.25, 0.3) is 5.91 Å². The standard InChI is InChI=1S/C32H22BrN3O5S2/c33-19-10-12-20(13-11-19)36-30(38)26-25(27-29(35-32(40)43-27)42-28(26)31(36)39)18-8-14-21(15-9-18)41-16-24(37)34-23-7-3-5-17-4-1-2-6-22(17)23/h1-15,25-26,28H,16H2,(H,34,37)(H,35,40). The minimum Gasteiger partial charge on any atom is -0.484 e. The summed E-state index contributed by atoms with van der Waals surface area (Å²) in [6.07, 6.45) is 0. The summed E-state index contributed by atoms with van der Waals surface area (Å²) < 4.78 is 6.62. The van der Waals surface area contributed by atoms with E-state index < -0.39 is 17.1 Å². The van der Waals surface area contributed by atoms with Gasteiger partial charge >= 0.3 is 4.87 Å². The molecule has 1 aromatic heterocycles. The molecule has 214 valence electrons. The molecule has 2 aliphatic rings. The monoisotopic (exact) mass is 671 g/mol. The number of rotatable bonds is 6. The summed E-state index contributed by atoms with van der Waals surface area (Å²) in [7, 11) is 0. The van der Waals surface area contributed by atoms with Gasteiger partial charge in [-0.05, 0) is 53.4 Å². The van der Waals surface area contributed by atoms with Crippen molar-refractivity contribution in [1.29, 1.82) is 0 Å². The van der Waals surface area contributed by atoms with E-state index in [4.69, 9.17) is 4.74 Å². The molecule has 4 aromatic carbocycles. The largest absolute Gasteiger partial charge is 0.484 e. The van der Waals surface area contributed by atoms with Crippen LogP contribution in [0.2, 0.25) is 0 Å². The first-order valence-corrected chi connectivity index (χ1v) is 15.9. The molecule has 3 atom stereocenters. The van der Waals surface area contributed by atoms with Gasteiger partial charge in [-0.2, -0.15) is 0 Å². The molecule has 0 bridgehead atoms. The van der Waals surface area contributed by atoms with Crippen LogP contribution in [0.1, 0.15) is 16.4 Å². The third-order valence-electron chi connectivity index (χ3n) is 7.58. The molecule has 2 aliphatic heterocycles. The molecule has 1 fully saturated rings. The minimum atomic E-state index is -0.682. The number of nitrogens with one attached hydrogen (secondary N) is 2. The molecule has 3 heterocycles. The SMILES string of the molecule is O=C(COc1ccc(C2c3sc(=O)[nH]c3SC3C(=O)N(c4ccc(Br)cc4)C(=O)C32)cc1)Nc1cccc2ccccc12. The number of imide groups is 1. The Labute approximate surface area is 262 Å². The zero-order chi connectivity index (χ0) is 29.7. The molecule has 1 saturated heterocycles. The van der Waals surface area contributed by atoms with E-state index in [1.165, 1.54) is 16.7 Å². The maximum Gasteiger partial charge on any atom is 0.305 e. The van der Waals surface area contributed by atoms with Crippen molar-refractivity contribution in [3.8, 4) is 5.75 Å². The molecule has 7 rings (SSSR count). The van der Waals surface area contributed by atoms with Gasteiger partial charge in [0.15, 0.2) is 6.61 Å². The molecule has 43 heavy (non-hydrogen) atoms. The predicted octanol–water partition coefficient (Wildman–Crippen LogP) is 6.17. The molecule has 0 spiro atoms. The Bertz CT molecular complexity index is 1950. The van der Waals surface area contributed by atoms with Gasteiger partial charge in [0.2, 0.25) is 11.8 Å². The molecular weight excluding hydrogens is 650 g/mol. The summed E-state index contributed by atoms with van der Waals surface area (Å²) in [6.45, 7) is -0.188. The molecule has 5 aromatic rings. The number of carbonyl (C=O) groups excluding carboxylic acids is 3. The van der Waals surface area contributed by atoms with Crippen molar-refractivity contribution in [2.45, 2.75) is 16.2 Å². The van der Waals surface area contributed by atoms with Crippen LogP contribution in [0.15, 0.2) is 105 Å². The number of thioether (sulfide) groups is 1. The zero-order valence-corrected chi connectivity index (χ0v) is 25.5. The Morgan fingerprint density at radius 1 is 0.907 bits per heavy atom. The van der Waals surface area contributed by atoms with E-state index in [-0.39, 0.29) is 29.2 Å². The van der Waals surface area contributed by atoms with Gasteiger partial charge in [-0.3, -0.25) is 19.2 Å². The van der Waals surface area contributed by atoms with Crippen LogP contribution in [-0.4, -0.2) is 34.6 Å². The number of carbonyl (C=O) groups is 3. The van der Waals surface area contributed by atoms with E-state index in [0.717, 1.165) is 37.0 Å². The van der Waals surface area contributed by atoms with Crippen LogP contribution in [0, 0.1) is 5.92 Å². The van der Waals surface area contributed by atoms with E-state index in [2.05, 4.69) is 26.2 Å². The van der Waals surface area contributed by atoms with Crippen molar-refractivity contribution in [2.75, 3.05) is 16.8 Å². The van der Waals surface area contributed by atoms with Gasteiger partial charge in [-0.15, -0.1) is 0 Å². The van der Waals surface area contributed by atoms with E-state index in [1.54, 1.807) is 36.4 Å². The average Bonchev–Trinajstić information content (AvgIpc) is 3.51. The lowest BCUT2D eigenvalue weighted by Gasteiger charge is -2.29. The molecule has 8 nitrogen and oxygen atoms in total. The highest BCUT2D eigenvalue weighted by Gasteiger charge is 2.56. The number of H-pyrrole nitrogens is 1. The van der Waals surface area contributed by atoms with Gasteiger partial charge in [0, 0.05) is 26.3 Å². The number of ether oxygens (including phenoxy) is 1. The lowest BCUT2D eigenvalue weighted by atomic mass is 9.83. The highest BCUT2D eigenvalue weighted by atomic mass is 79.9. The summed E-state index contributed by atoms with van der Waals surface area (Å²) in [5, 5.41) is 4.82. The fourth-order valence-electron chi connectivity index (χ4n) is 5.66. The quantitative estimate of drug-likeness (QED) is 0.209. The summed E-state index contributed by atoms with van der Waals surface area (Å²) in [4.78, 5) is 57.0. The number of amides is 3. The van der Waals surface area contributed by atoms with Gasteiger partial charge in [0.05, 0.1) is 16.6 Å². The number of hydrogen-bond donors (Lipinski definition) is 2. The van der Waals surface area contributed by atoms with Crippen molar-refractivity contribution in [1.82, 2.24) is 4.98 Å². The molecule has 3 unspecified atom stereocenters. The highest BCUT2D eigenvalue weighted by Crippen LogP contribution is 2.53. The lowest BCUT2D eigenvalue weighted by molar-refractivity contribution is -0.122. The second-order valence-corrected chi connectivity index (χ2v) is 13.3. The molecule has 11 heteroatoms. The molecule has 0 radical (unpaired) electrons. The second kappa shape index (κ2) is 11.1. The first-order chi connectivity index (χ1) is 20.9. The number of fused-ring (bicyclic) bond motifs is 3. The Morgan fingerprint density at radius 2 is 1.65 bits per heavy atom. The van der Waals surface area contributed by atoms with E-state index in [9.17, 15) is 19.2 Å². The topological polar surface area (TPSA) is 109 Å². The Hall–Kier alpha value is -4.19. The first-order valence-electron chi connectivity index (χ1n) is 13.4. The predicted molar refractivity (Wildman–Crippen MR) is 171 cm³/mol. The number of halogens is 1. The van der Waals surface area contributed by atoms with Crippen LogP contribution in [0.5, 0.6) is 5.75 Å². The minimum absolute atomic E-state index is 0.188. The van der Waals surface area contributed by atoms with Crippen LogP contribution in [-0.2, 0) is 14.4 Å². The van der Waals surface area contributed by atoms with E-state index in [0.29, 0.717) is 22.2 Å². The molecule has 0 aliphatic carbocycles. The van der Waals surface area contributed by atoms with Crippen LogP contribution in [0.25, 0.3) is 10.8 Å². The summed E-state index contributed by atoms with van der Waals surface area (Å²) >= 11 is 5.70. The van der Waals surface area contributed by atoms with Gasteiger partial charge in [-0.25, -0.2) is 4.90 Å². The van der Waals surface area contributed by atoms with Gasteiger partial charge in [0.1, 0.15) is 11.0 Å². The molecular formula is C32H22BrN3O5S2.